The normalized spacial score (nSPS) is 17.9. The molecule has 116 valence electrons. The topological polar surface area (TPSA) is 15.3 Å². The van der Waals surface area contributed by atoms with Gasteiger partial charge in [-0.15, -0.1) is 0 Å². The van der Waals surface area contributed by atoms with Crippen molar-refractivity contribution in [1.29, 1.82) is 0 Å². The summed E-state index contributed by atoms with van der Waals surface area (Å²) in [5.74, 6) is 0. The average Bonchev–Trinajstić information content (AvgIpc) is 2.79. The van der Waals surface area contributed by atoms with Gasteiger partial charge in [0.05, 0.1) is 6.04 Å². The lowest BCUT2D eigenvalue weighted by molar-refractivity contribution is 0.241. The van der Waals surface area contributed by atoms with E-state index in [0.29, 0.717) is 0 Å². The Morgan fingerprint density at radius 2 is 1.91 bits per heavy atom. The van der Waals surface area contributed by atoms with E-state index in [2.05, 4.69) is 53.5 Å². The van der Waals surface area contributed by atoms with Crippen molar-refractivity contribution in [3.63, 3.8) is 0 Å². The van der Waals surface area contributed by atoms with Crippen molar-refractivity contribution in [1.82, 2.24) is 10.2 Å². The monoisotopic (exact) mass is 314 g/mol. The number of halogens is 1. The second-order valence-corrected chi connectivity index (χ2v) is 6.38. The number of rotatable bonds is 3. The molecule has 2 aromatic carbocycles. The van der Waals surface area contributed by atoms with E-state index in [1.54, 1.807) is 0 Å². The molecule has 0 amide bonds. The highest BCUT2D eigenvalue weighted by Gasteiger charge is 2.24. The average molecular weight is 315 g/mol. The van der Waals surface area contributed by atoms with Crippen LogP contribution in [0.25, 0.3) is 0 Å². The first kappa shape index (κ1) is 15.5. The number of nitrogens with one attached hydrogen (secondary N) is 1. The number of hydrogen-bond donors (Lipinski definition) is 1. The van der Waals surface area contributed by atoms with Crippen LogP contribution in [0.2, 0.25) is 5.02 Å². The van der Waals surface area contributed by atoms with Gasteiger partial charge in [0.1, 0.15) is 0 Å². The van der Waals surface area contributed by atoms with E-state index < -0.39 is 0 Å². The molecule has 2 aromatic rings. The van der Waals surface area contributed by atoms with Crippen LogP contribution < -0.4 is 5.32 Å². The minimum atomic E-state index is 0.230. The molecule has 0 aromatic heterocycles. The zero-order valence-electron chi connectivity index (χ0n) is 13.1. The largest absolute Gasteiger partial charge is 0.315 e. The lowest BCUT2D eigenvalue weighted by atomic mass is 9.95. The summed E-state index contributed by atoms with van der Waals surface area (Å²) in [7, 11) is 0. The van der Waals surface area contributed by atoms with E-state index in [4.69, 9.17) is 11.6 Å². The Morgan fingerprint density at radius 1 is 1.05 bits per heavy atom. The Kier molecular flexibility index (Phi) is 5.14. The van der Waals surface area contributed by atoms with Crippen molar-refractivity contribution in [2.75, 3.05) is 26.2 Å². The minimum Gasteiger partial charge on any atom is -0.315 e. The molecule has 0 bridgehead atoms. The summed E-state index contributed by atoms with van der Waals surface area (Å²) in [5, 5.41) is 4.34. The second kappa shape index (κ2) is 7.28. The molecule has 3 heteroatoms. The van der Waals surface area contributed by atoms with Gasteiger partial charge in [0.25, 0.3) is 0 Å². The summed E-state index contributed by atoms with van der Waals surface area (Å²) >= 11 is 6.53. The van der Waals surface area contributed by atoms with Gasteiger partial charge in [-0.2, -0.15) is 0 Å². The molecule has 1 fully saturated rings. The quantitative estimate of drug-likeness (QED) is 0.920. The lowest BCUT2D eigenvalue weighted by Gasteiger charge is -2.32. The maximum Gasteiger partial charge on any atom is 0.0617 e. The summed E-state index contributed by atoms with van der Waals surface area (Å²) in [6, 6.07) is 17.3. The Balaban J connectivity index is 2.03. The predicted molar refractivity (Wildman–Crippen MR) is 93.5 cm³/mol. The van der Waals surface area contributed by atoms with Crippen LogP contribution in [0.15, 0.2) is 48.5 Å². The molecule has 1 N–H and O–H groups in total. The Morgan fingerprint density at radius 3 is 2.73 bits per heavy atom. The highest BCUT2D eigenvalue weighted by molar-refractivity contribution is 6.31. The van der Waals surface area contributed by atoms with Crippen molar-refractivity contribution < 1.29 is 0 Å². The maximum atomic E-state index is 6.53. The van der Waals surface area contributed by atoms with Gasteiger partial charge in [-0.05, 0) is 37.1 Å². The lowest BCUT2D eigenvalue weighted by Crippen LogP contribution is -2.33. The predicted octanol–water partition coefficient (Wildman–Crippen LogP) is 4.03. The van der Waals surface area contributed by atoms with Crippen LogP contribution in [0, 0.1) is 6.92 Å². The molecule has 1 unspecified atom stereocenters. The molecular formula is C19H23ClN2. The van der Waals surface area contributed by atoms with E-state index in [-0.39, 0.29) is 6.04 Å². The van der Waals surface area contributed by atoms with Crippen LogP contribution in [0.3, 0.4) is 0 Å². The van der Waals surface area contributed by atoms with Gasteiger partial charge < -0.3 is 5.32 Å². The Bertz CT molecular complexity index is 618. The summed E-state index contributed by atoms with van der Waals surface area (Å²) in [6.45, 7) is 6.42. The second-order valence-electron chi connectivity index (χ2n) is 5.98. The standard InChI is InChI=1S/C19H23ClN2/c1-15-6-4-7-16(14-15)19(17-8-2-3-9-18(17)20)22-12-5-10-21-11-13-22/h2-4,6-9,14,19,21H,5,10-13H2,1H3. The van der Waals surface area contributed by atoms with Gasteiger partial charge in [0.15, 0.2) is 0 Å². The molecule has 2 nitrogen and oxygen atoms in total. The van der Waals surface area contributed by atoms with Crippen molar-refractivity contribution >= 4 is 11.6 Å². The molecule has 0 aliphatic carbocycles. The van der Waals surface area contributed by atoms with Gasteiger partial charge >= 0.3 is 0 Å². The van der Waals surface area contributed by atoms with Crippen LogP contribution >= 0.6 is 11.6 Å². The van der Waals surface area contributed by atoms with Gasteiger partial charge in [-0.25, -0.2) is 0 Å². The van der Waals surface area contributed by atoms with E-state index >= 15 is 0 Å². The van der Waals surface area contributed by atoms with E-state index in [0.717, 1.165) is 31.2 Å². The number of aryl methyl sites for hydroxylation is 1. The molecule has 1 heterocycles. The fraction of sp³-hybridized carbons (Fsp3) is 0.368. The molecule has 1 aliphatic heterocycles. The van der Waals surface area contributed by atoms with Crippen molar-refractivity contribution in [2.24, 2.45) is 0 Å². The van der Waals surface area contributed by atoms with Gasteiger partial charge in [-0.1, -0.05) is 59.6 Å². The molecule has 0 saturated carbocycles. The third kappa shape index (κ3) is 3.52. The number of hydrogen-bond acceptors (Lipinski definition) is 2. The molecular weight excluding hydrogens is 292 g/mol. The fourth-order valence-corrected chi connectivity index (χ4v) is 3.49. The summed E-state index contributed by atoms with van der Waals surface area (Å²) in [6.07, 6.45) is 1.17. The minimum absolute atomic E-state index is 0.230. The van der Waals surface area contributed by atoms with Crippen molar-refractivity contribution in [2.45, 2.75) is 19.4 Å². The van der Waals surface area contributed by atoms with Gasteiger partial charge in [0, 0.05) is 24.7 Å². The van der Waals surface area contributed by atoms with Crippen LogP contribution in [0.5, 0.6) is 0 Å². The molecule has 0 spiro atoms. The molecule has 1 saturated heterocycles. The van der Waals surface area contributed by atoms with E-state index in [1.807, 2.05) is 12.1 Å². The van der Waals surface area contributed by atoms with Gasteiger partial charge in [-0.3, -0.25) is 4.90 Å². The number of nitrogens with zero attached hydrogens (tertiary/aromatic N) is 1. The first-order chi connectivity index (χ1) is 10.8. The first-order valence-corrected chi connectivity index (χ1v) is 8.39. The third-order valence-electron chi connectivity index (χ3n) is 4.30. The van der Waals surface area contributed by atoms with E-state index in [9.17, 15) is 0 Å². The summed E-state index contributed by atoms with van der Waals surface area (Å²) in [5.41, 5.74) is 3.83. The zero-order chi connectivity index (χ0) is 15.4. The third-order valence-corrected chi connectivity index (χ3v) is 4.64. The zero-order valence-corrected chi connectivity index (χ0v) is 13.8. The SMILES string of the molecule is Cc1cccc(C(c2ccccc2Cl)N2CCCNCC2)c1. The van der Waals surface area contributed by atoms with Crippen LogP contribution in [-0.2, 0) is 0 Å². The highest BCUT2D eigenvalue weighted by atomic mass is 35.5. The smallest absolute Gasteiger partial charge is 0.0617 e. The van der Waals surface area contributed by atoms with Crippen LogP contribution in [0.1, 0.15) is 29.2 Å². The van der Waals surface area contributed by atoms with E-state index in [1.165, 1.54) is 23.1 Å². The van der Waals surface area contributed by atoms with Crippen LogP contribution in [0.4, 0.5) is 0 Å². The van der Waals surface area contributed by atoms with Gasteiger partial charge in [0.2, 0.25) is 0 Å². The molecule has 0 radical (unpaired) electrons. The first-order valence-electron chi connectivity index (χ1n) is 8.01. The Hall–Kier alpha value is -1.35. The summed E-state index contributed by atoms with van der Waals surface area (Å²) in [4.78, 5) is 2.55. The Labute approximate surface area is 138 Å². The molecule has 3 rings (SSSR count). The highest BCUT2D eigenvalue weighted by Crippen LogP contribution is 2.33. The van der Waals surface area contributed by atoms with Crippen molar-refractivity contribution in [3.8, 4) is 0 Å². The molecule has 1 aliphatic rings. The van der Waals surface area contributed by atoms with Crippen LogP contribution in [-0.4, -0.2) is 31.1 Å². The molecule has 1 atom stereocenters. The maximum absolute atomic E-state index is 6.53. The fourth-order valence-electron chi connectivity index (χ4n) is 3.25. The molecule has 22 heavy (non-hydrogen) atoms. The number of benzene rings is 2. The van der Waals surface area contributed by atoms with Crippen molar-refractivity contribution in [3.05, 3.63) is 70.2 Å². The summed E-state index contributed by atoms with van der Waals surface area (Å²) < 4.78 is 0.